The van der Waals surface area contributed by atoms with Crippen molar-refractivity contribution < 1.29 is 28.4 Å². The van der Waals surface area contributed by atoms with Crippen molar-refractivity contribution in [2.75, 3.05) is 0 Å². The Morgan fingerprint density at radius 1 is 1.03 bits per heavy atom. The Morgan fingerprint density at radius 3 is 2.09 bits per heavy atom. The fraction of sp³-hybridized carbons (Fsp3) is 0.875. The van der Waals surface area contributed by atoms with E-state index in [1.54, 1.807) is 0 Å². The molecule has 0 aromatic rings. The molecule has 1 saturated carbocycles. The molecule has 2 amide bonds. The lowest BCUT2D eigenvalue weighted by Crippen LogP contribution is -2.62. The maximum atomic E-state index is 12.9. The van der Waals surface area contributed by atoms with Gasteiger partial charge >= 0.3 is 13.1 Å². The monoisotopic (exact) mass is 466 g/mol. The molecular formula is C24H43BN2O6. The number of amides is 2. The van der Waals surface area contributed by atoms with Crippen LogP contribution < -0.4 is 10.6 Å². The smallest absolute Gasteiger partial charge is 0.457 e. The number of carbonyl (C=O) groups is 3. The van der Waals surface area contributed by atoms with Crippen LogP contribution >= 0.6 is 0 Å². The zero-order valence-corrected chi connectivity index (χ0v) is 21.9. The Labute approximate surface area is 199 Å². The van der Waals surface area contributed by atoms with Gasteiger partial charge in [0.1, 0.15) is 6.10 Å². The fourth-order valence-corrected chi connectivity index (χ4v) is 4.95. The average molecular weight is 466 g/mol. The normalized spacial score (nSPS) is 28.8. The highest BCUT2D eigenvalue weighted by Gasteiger charge is 2.52. The van der Waals surface area contributed by atoms with Gasteiger partial charge in [-0.2, -0.15) is 0 Å². The number of esters is 1. The number of ether oxygens (including phenoxy) is 1. The molecule has 1 aliphatic heterocycles. The molecule has 8 nitrogen and oxygen atoms in total. The molecule has 9 heteroatoms. The molecule has 1 heterocycles. The van der Waals surface area contributed by atoms with Crippen LogP contribution in [0.5, 0.6) is 0 Å². The Bertz CT molecular complexity index is 732. The molecule has 33 heavy (non-hydrogen) atoms. The molecule has 2 aliphatic rings. The SMILES string of the molecule is CC(=O)NC1(CC(=O)NC(C)(C)C)CC(CCB2OC(C)(C)C(C)(C)O2)CCC1OC(C)=O. The molecular weight excluding hydrogens is 423 g/mol. The molecule has 0 spiro atoms. The first-order chi connectivity index (χ1) is 14.9. The minimum atomic E-state index is -0.953. The number of hydrogen-bond donors (Lipinski definition) is 2. The second-order valence-electron chi connectivity index (χ2n) is 11.8. The predicted molar refractivity (Wildman–Crippen MR) is 127 cm³/mol. The van der Waals surface area contributed by atoms with Crippen molar-refractivity contribution in [1.82, 2.24) is 10.6 Å². The van der Waals surface area contributed by atoms with Crippen molar-refractivity contribution in [3.05, 3.63) is 0 Å². The highest BCUT2D eigenvalue weighted by atomic mass is 16.7. The molecule has 2 N–H and O–H groups in total. The molecule has 1 saturated heterocycles. The fourth-order valence-electron chi connectivity index (χ4n) is 4.95. The van der Waals surface area contributed by atoms with Gasteiger partial charge in [0.25, 0.3) is 0 Å². The average Bonchev–Trinajstić information content (AvgIpc) is 2.79. The minimum absolute atomic E-state index is 0.0504. The van der Waals surface area contributed by atoms with E-state index in [-0.39, 0.29) is 42.5 Å². The summed E-state index contributed by atoms with van der Waals surface area (Å²) in [5.41, 5.74) is -2.12. The third-order valence-electron chi connectivity index (χ3n) is 6.94. The topological polar surface area (TPSA) is 103 Å². The summed E-state index contributed by atoms with van der Waals surface area (Å²) in [5, 5.41) is 5.99. The maximum absolute atomic E-state index is 12.9. The van der Waals surface area contributed by atoms with Crippen LogP contribution in [0.2, 0.25) is 6.32 Å². The van der Waals surface area contributed by atoms with Crippen molar-refractivity contribution in [2.45, 2.75) is 129 Å². The van der Waals surface area contributed by atoms with Gasteiger partial charge in [-0.1, -0.05) is 6.42 Å². The molecule has 2 fully saturated rings. The third-order valence-corrected chi connectivity index (χ3v) is 6.94. The number of rotatable bonds is 7. The molecule has 1 aliphatic carbocycles. The molecule has 3 unspecified atom stereocenters. The van der Waals surface area contributed by atoms with Gasteiger partial charge in [-0.25, -0.2) is 0 Å². The maximum Gasteiger partial charge on any atom is 0.457 e. The summed E-state index contributed by atoms with van der Waals surface area (Å²) >= 11 is 0. The van der Waals surface area contributed by atoms with Crippen LogP contribution in [0.4, 0.5) is 0 Å². The lowest BCUT2D eigenvalue weighted by Gasteiger charge is -2.46. The number of hydrogen-bond acceptors (Lipinski definition) is 6. The van der Waals surface area contributed by atoms with Crippen molar-refractivity contribution in [3.8, 4) is 0 Å². The van der Waals surface area contributed by atoms with E-state index in [0.717, 1.165) is 19.2 Å². The lowest BCUT2D eigenvalue weighted by atomic mass is 9.67. The van der Waals surface area contributed by atoms with Crippen LogP contribution in [0.3, 0.4) is 0 Å². The second kappa shape index (κ2) is 9.94. The first kappa shape index (κ1) is 27.6. The summed E-state index contributed by atoms with van der Waals surface area (Å²) in [6.07, 6.45) is 3.00. The minimum Gasteiger partial charge on any atom is -0.460 e. The van der Waals surface area contributed by atoms with Crippen LogP contribution in [-0.2, 0) is 28.4 Å². The zero-order chi connectivity index (χ0) is 25.2. The van der Waals surface area contributed by atoms with Gasteiger partial charge in [-0.3, -0.25) is 14.4 Å². The molecule has 3 atom stereocenters. The van der Waals surface area contributed by atoms with Crippen LogP contribution in [-0.4, -0.2) is 53.3 Å². The summed E-state index contributed by atoms with van der Waals surface area (Å²) in [4.78, 5) is 37.0. The molecule has 0 bridgehead atoms. The van der Waals surface area contributed by atoms with E-state index in [2.05, 4.69) is 10.6 Å². The first-order valence-electron chi connectivity index (χ1n) is 12.1. The van der Waals surface area contributed by atoms with Gasteiger partial charge in [0, 0.05) is 19.4 Å². The van der Waals surface area contributed by atoms with E-state index in [1.165, 1.54) is 13.8 Å². The zero-order valence-electron chi connectivity index (χ0n) is 21.9. The molecule has 0 aromatic heterocycles. The van der Waals surface area contributed by atoms with Gasteiger partial charge < -0.3 is 24.7 Å². The molecule has 0 radical (unpaired) electrons. The summed E-state index contributed by atoms with van der Waals surface area (Å²) < 4.78 is 17.9. The third kappa shape index (κ3) is 7.44. The van der Waals surface area contributed by atoms with Gasteiger partial charge in [0.15, 0.2) is 0 Å². The van der Waals surface area contributed by atoms with Crippen LogP contribution in [0, 0.1) is 5.92 Å². The molecule has 188 valence electrons. The van der Waals surface area contributed by atoms with Gasteiger partial charge in [-0.15, -0.1) is 0 Å². The van der Waals surface area contributed by atoms with E-state index in [4.69, 9.17) is 14.0 Å². The summed E-state index contributed by atoms with van der Waals surface area (Å²) in [7, 11) is -0.291. The van der Waals surface area contributed by atoms with Gasteiger partial charge in [0.2, 0.25) is 11.8 Å². The van der Waals surface area contributed by atoms with Crippen LogP contribution in [0.15, 0.2) is 0 Å². The first-order valence-corrected chi connectivity index (χ1v) is 12.1. The summed E-state index contributed by atoms with van der Waals surface area (Å²) in [6, 6.07) is 0. The van der Waals surface area contributed by atoms with E-state index in [0.29, 0.717) is 12.8 Å². The van der Waals surface area contributed by atoms with E-state index in [9.17, 15) is 14.4 Å². The Morgan fingerprint density at radius 2 is 1.61 bits per heavy atom. The largest absolute Gasteiger partial charge is 0.460 e. The highest BCUT2D eigenvalue weighted by Crippen LogP contribution is 2.42. The second-order valence-corrected chi connectivity index (χ2v) is 11.8. The van der Waals surface area contributed by atoms with Crippen LogP contribution in [0.25, 0.3) is 0 Å². The Hall–Kier alpha value is -1.61. The summed E-state index contributed by atoms with van der Waals surface area (Å²) in [5.74, 6) is -0.617. The van der Waals surface area contributed by atoms with Crippen molar-refractivity contribution in [3.63, 3.8) is 0 Å². The van der Waals surface area contributed by atoms with Crippen molar-refractivity contribution in [1.29, 1.82) is 0 Å². The Balaban J connectivity index is 2.18. The lowest BCUT2D eigenvalue weighted by molar-refractivity contribution is -0.158. The quantitative estimate of drug-likeness (QED) is 0.441. The van der Waals surface area contributed by atoms with Crippen LogP contribution in [0.1, 0.15) is 94.4 Å². The number of carbonyl (C=O) groups excluding carboxylic acids is 3. The summed E-state index contributed by atoms with van der Waals surface area (Å²) in [6.45, 7) is 16.7. The molecule has 0 aromatic carbocycles. The van der Waals surface area contributed by atoms with E-state index in [1.807, 2.05) is 48.5 Å². The number of nitrogens with one attached hydrogen (secondary N) is 2. The van der Waals surface area contributed by atoms with Gasteiger partial charge in [-0.05, 0) is 80.0 Å². The molecule has 2 rings (SSSR count). The predicted octanol–water partition coefficient (Wildman–Crippen LogP) is 3.38. The van der Waals surface area contributed by atoms with Gasteiger partial charge in [0.05, 0.1) is 23.2 Å². The Kier molecular flexibility index (Phi) is 8.33. The highest BCUT2D eigenvalue weighted by molar-refractivity contribution is 6.45. The van der Waals surface area contributed by atoms with Crippen molar-refractivity contribution in [2.24, 2.45) is 5.92 Å². The van der Waals surface area contributed by atoms with E-state index >= 15 is 0 Å². The standard InChI is InChI=1S/C24H43BN2O6/c1-16(28)26-24(15-20(30)27-21(3,4)5)14-18(10-11-19(24)31-17(2)29)12-13-25-32-22(6,7)23(8,9)33-25/h18-19H,10-15H2,1-9H3,(H,26,28)(H,27,30). The van der Waals surface area contributed by atoms with E-state index < -0.39 is 23.2 Å². The van der Waals surface area contributed by atoms with Crippen molar-refractivity contribution >= 4 is 24.9 Å².